The van der Waals surface area contributed by atoms with E-state index in [1.807, 2.05) is 6.07 Å². The van der Waals surface area contributed by atoms with Gasteiger partial charge in [-0.2, -0.15) is 0 Å². The van der Waals surface area contributed by atoms with Crippen molar-refractivity contribution in [1.82, 2.24) is 0 Å². The van der Waals surface area contributed by atoms with Gasteiger partial charge < -0.3 is 10.8 Å². The molecule has 1 fully saturated rings. The minimum absolute atomic E-state index is 0.0245. The number of benzene rings is 2. The number of anilines is 2. The lowest BCUT2D eigenvalue weighted by atomic mass is 10.2. The van der Waals surface area contributed by atoms with Crippen LogP contribution >= 0.6 is 11.8 Å². The topological polar surface area (TPSA) is 101 Å². The Bertz CT molecular complexity index is 837. The molecule has 24 heavy (non-hydrogen) atoms. The van der Waals surface area contributed by atoms with Gasteiger partial charge in [0.2, 0.25) is 11.8 Å². The van der Waals surface area contributed by atoms with E-state index in [9.17, 15) is 14.4 Å². The third-order valence-electron chi connectivity index (χ3n) is 3.64. The number of nitrogens with two attached hydrogens (primary N) is 1. The van der Waals surface area contributed by atoms with E-state index in [1.165, 1.54) is 30.0 Å². The number of nitrogens with zero attached hydrogens (tertiary/aromatic N) is 1. The van der Waals surface area contributed by atoms with Gasteiger partial charge in [0.1, 0.15) is 0 Å². The van der Waals surface area contributed by atoms with Crippen molar-refractivity contribution in [3.05, 3.63) is 54.1 Å². The summed E-state index contributed by atoms with van der Waals surface area (Å²) in [6.07, 6.45) is 0.0507. The summed E-state index contributed by atoms with van der Waals surface area (Å²) >= 11 is 1.25. The molecule has 0 spiro atoms. The number of hydrogen-bond acceptors (Lipinski definition) is 5. The Balaban J connectivity index is 1.86. The highest BCUT2D eigenvalue weighted by atomic mass is 32.2. The van der Waals surface area contributed by atoms with Crippen LogP contribution in [-0.4, -0.2) is 28.1 Å². The smallest absolute Gasteiger partial charge is 0.335 e. The molecule has 2 amide bonds. The highest BCUT2D eigenvalue weighted by molar-refractivity contribution is 8.00. The second-order valence-corrected chi connectivity index (χ2v) is 6.52. The van der Waals surface area contributed by atoms with Crippen LogP contribution in [0.4, 0.5) is 11.4 Å². The molecule has 3 N–H and O–H groups in total. The fraction of sp³-hybridized carbons (Fsp3) is 0.118. The van der Waals surface area contributed by atoms with Gasteiger partial charge in [0.25, 0.3) is 0 Å². The first-order valence-electron chi connectivity index (χ1n) is 7.18. The number of rotatable bonds is 4. The van der Waals surface area contributed by atoms with E-state index in [2.05, 4.69) is 0 Å². The monoisotopic (exact) mass is 342 g/mol. The Morgan fingerprint density at radius 2 is 1.92 bits per heavy atom. The summed E-state index contributed by atoms with van der Waals surface area (Å²) < 4.78 is 0. The van der Waals surface area contributed by atoms with E-state index < -0.39 is 11.2 Å². The molecule has 1 aliphatic rings. The maximum atomic E-state index is 12.6. The Hall–Kier alpha value is -2.80. The summed E-state index contributed by atoms with van der Waals surface area (Å²) in [7, 11) is 0. The lowest BCUT2D eigenvalue weighted by Crippen LogP contribution is -2.31. The average molecular weight is 342 g/mol. The Labute approximate surface area is 142 Å². The van der Waals surface area contributed by atoms with Crippen LogP contribution in [0.15, 0.2) is 53.4 Å². The SMILES string of the molecule is Nc1ccccc1S[C@@H]1CC(=O)N(c2cccc(C(=O)O)c2)C1=O. The molecule has 0 aromatic heterocycles. The van der Waals surface area contributed by atoms with Crippen LogP contribution < -0.4 is 10.6 Å². The molecule has 3 rings (SSSR count). The Morgan fingerprint density at radius 1 is 1.17 bits per heavy atom. The quantitative estimate of drug-likeness (QED) is 0.653. The maximum absolute atomic E-state index is 12.6. The maximum Gasteiger partial charge on any atom is 0.335 e. The highest BCUT2D eigenvalue weighted by Crippen LogP contribution is 2.36. The lowest BCUT2D eigenvalue weighted by molar-refractivity contribution is -0.121. The van der Waals surface area contributed by atoms with Gasteiger partial charge in [-0.05, 0) is 30.3 Å². The fourth-order valence-corrected chi connectivity index (χ4v) is 3.59. The summed E-state index contributed by atoms with van der Waals surface area (Å²) in [5.41, 5.74) is 6.73. The zero-order valence-electron chi connectivity index (χ0n) is 12.5. The number of carboxylic acid groups (broad SMARTS) is 1. The van der Waals surface area contributed by atoms with Gasteiger partial charge in [0, 0.05) is 17.0 Å². The van der Waals surface area contributed by atoms with Gasteiger partial charge >= 0.3 is 5.97 Å². The number of hydrogen-bond donors (Lipinski definition) is 2. The van der Waals surface area contributed by atoms with Crippen LogP contribution in [-0.2, 0) is 9.59 Å². The molecule has 1 saturated heterocycles. The number of thioether (sulfide) groups is 1. The summed E-state index contributed by atoms with van der Waals surface area (Å²) in [4.78, 5) is 37.7. The number of aromatic carboxylic acids is 1. The largest absolute Gasteiger partial charge is 0.478 e. The van der Waals surface area contributed by atoms with Gasteiger partial charge in [0.15, 0.2) is 0 Å². The second kappa shape index (κ2) is 6.37. The molecule has 0 unspecified atom stereocenters. The van der Waals surface area contributed by atoms with Gasteiger partial charge in [-0.25, -0.2) is 9.69 Å². The zero-order chi connectivity index (χ0) is 17.3. The summed E-state index contributed by atoms with van der Waals surface area (Å²) in [5, 5.41) is 8.48. The molecule has 7 heteroatoms. The van der Waals surface area contributed by atoms with Crippen molar-refractivity contribution in [2.75, 3.05) is 10.6 Å². The van der Waals surface area contributed by atoms with E-state index in [0.29, 0.717) is 5.69 Å². The van der Waals surface area contributed by atoms with Gasteiger partial charge in [-0.1, -0.05) is 18.2 Å². The normalized spacial score (nSPS) is 17.3. The summed E-state index contributed by atoms with van der Waals surface area (Å²) in [6.45, 7) is 0. The zero-order valence-corrected chi connectivity index (χ0v) is 13.3. The van der Waals surface area contributed by atoms with Gasteiger partial charge in [-0.15, -0.1) is 11.8 Å². The van der Waals surface area contributed by atoms with E-state index in [1.54, 1.807) is 24.3 Å². The van der Waals surface area contributed by atoms with Gasteiger partial charge in [-0.3, -0.25) is 9.59 Å². The predicted octanol–water partition coefficient (Wildman–Crippen LogP) is 2.39. The first-order chi connectivity index (χ1) is 11.5. The van der Waals surface area contributed by atoms with Crippen molar-refractivity contribution in [1.29, 1.82) is 0 Å². The molecule has 1 aliphatic heterocycles. The van der Waals surface area contributed by atoms with Crippen LogP contribution in [0.2, 0.25) is 0 Å². The molecule has 6 nitrogen and oxygen atoms in total. The minimum Gasteiger partial charge on any atom is -0.478 e. The molecule has 2 aromatic rings. The van der Waals surface area contributed by atoms with Crippen LogP contribution in [0.1, 0.15) is 16.8 Å². The summed E-state index contributed by atoms with van der Waals surface area (Å²) in [6, 6.07) is 12.9. The van der Waals surface area contributed by atoms with Crippen LogP contribution in [0.25, 0.3) is 0 Å². The van der Waals surface area contributed by atoms with Crippen LogP contribution in [0.3, 0.4) is 0 Å². The van der Waals surface area contributed by atoms with Crippen molar-refractivity contribution < 1.29 is 19.5 Å². The van der Waals surface area contributed by atoms with Crippen molar-refractivity contribution in [3.63, 3.8) is 0 Å². The predicted molar refractivity (Wildman–Crippen MR) is 91.0 cm³/mol. The lowest BCUT2D eigenvalue weighted by Gasteiger charge is -2.15. The Kier molecular flexibility index (Phi) is 4.26. The number of carbonyl (C=O) groups excluding carboxylic acids is 2. The minimum atomic E-state index is -1.11. The van der Waals surface area contributed by atoms with Crippen LogP contribution in [0.5, 0.6) is 0 Å². The van der Waals surface area contributed by atoms with E-state index in [-0.39, 0.29) is 29.5 Å². The number of para-hydroxylation sites is 1. The molecule has 1 atom stereocenters. The first-order valence-corrected chi connectivity index (χ1v) is 8.06. The van der Waals surface area contributed by atoms with E-state index in [0.717, 1.165) is 9.80 Å². The molecule has 0 saturated carbocycles. The standard InChI is InChI=1S/C17H14N2O4S/c18-12-6-1-2-7-13(12)24-14-9-15(20)19(16(14)21)11-5-3-4-10(8-11)17(22)23/h1-8,14H,9,18H2,(H,22,23)/t14-/m1/s1. The molecule has 1 heterocycles. The van der Waals surface area contributed by atoms with Crippen LogP contribution in [0, 0.1) is 0 Å². The number of amides is 2. The Morgan fingerprint density at radius 3 is 2.62 bits per heavy atom. The molecular weight excluding hydrogens is 328 g/mol. The third kappa shape index (κ3) is 2.98. The van der Waals surface area contributed by atoms with Crippen molar-refractivity contribution in [3.8, 4) is 0 Å². The first kappa shape index (κ1) is 16.1. The average Bonchev–Trinajstić information content (AvgIpc) is 2.83. The molecule has 0 bridgehead atoms. The van der Waals surface area contributed by atoms with Gasteiger partial charge in [0.05, 0.1) is 16.5 Å². The van der Waals surface area contributed by atoms with E-state index in [4.69, 9.17) is 10.8 Å². The number of carbonyl (C=O) groups is 3. The fourth-order valence-electron chi connectivity index (χ4n) is 2.49. The van der Waals surface area contributed by atoms with Crippen molar-refractivity contribution in [2.24, 2.45) is 0 Å². The molecule has 2 aromatic carbocycles. The van der Waals surface area contributed by atoms with Crippen molar-refractivity contribution >= 4 is 40.9 Å². The summed E-state index contributed by atoms with van der Waals surface area (Å²) in [5.74, 6) is -1.83. The third-order valence-corrected chi connectivity index (χ3v) is 4.92. The van der Waals surface area contributed by atoms with E-state index >= 15 is 0 Å². The number of imide groups is 1. The van der Waals surface area contributed by atoms with Crippen molar-refractivity contribution in [2.45, 2.75) is 16.6 Å². The highest BCUT2D eigenvalue weighted by Gasteiger charge is 2.40. The molecular formula is C17H14N2O4S. The molecule has 0 aliphatic carbocycles. The number of carboxylic acids is 1. The molecule has 0 radical (unpaired) electrons. The second-order valence-electron chi connectivity index (χ2n) is 5.27. The number of nitrogen functional groups attached to an aromatic ring is 1. The molecule has 122 valence electrons.